The third-order valence-electron chi connectivity index (χ3n) is 2.17. The molecule has 0 fully saturated rings. The van der Waals surface area contributed by atoms with Crippen LogP contribution in [0, 0.1) is 6.92 Å². The first kappa shape index (κ1) is 12.6. The lowest BCUT2D eigenvalue weighted by molar-refractivity contribution is -0.153. The highest BCUT2D eigenvalue weighted by Gasteiger charge is 2.28. The van der Waals surface area contributed by atoms with E-state index in [1.807, 2.05) is 13.0 Å². The molecule has 0 aliphatic heterocycles. The predicted molar refractivity (Wildman–Crippen MR) is 57.7 cm³/mol. The standard InChI is InChI=1S/C12H15FO3/c1-3-16-12(15)10(13)11(14)9-6-4-5-8(2)7-9/h4-7,10-11,14H,3H2,1-2H3. The van der Waals surface area contributed by atoms with E-state index >= 15 is 0 Å². The summed E-state index contributed by atoms with van der Waals surface area (Å²) >= 11 is 0. The number of halogens is 1. The summed E-state index contributed by atoms with van der Waals surface area (Å²) in [7, 11) is 0. The smallest absolute Gasteiger partial charge is 0.343 e. The Morgan fingerprint density at radius 2 is 2.25 bits per heavy atom. The van der Waals surface area contributed by atoms with Crippen LogP contribution in [0.15, 0.2) is 24.3 Å². The number of rotatable bonds is 4. The van der Waals surface area contributed by atoms with Crippen molar-refractivity contribution >= 4 is 5.97 Å². The molecule has 16 heavy (non-hydrogen) atoms. The molecule has 88 valence electrons. The van der Waals surface area contributed by atoms with Gasteiger partial charge in [-0.25, -0.2) is 9.18 Å². The lowest BCUT2D eigenvalue weighted by Crippen LogP contribution is -2.26. The summed E-state index contributed by atoms with van der Waals surface area (Å²) < 4.78 is 18.0. The molecular formula is C12H15FO3. The fourth-order valence-electron chi connectivity index (χ4n) is 1.37. The summed E-state index contributed by atoms with van der Waals surface area (Å²) in [6.07, 6.45) is -3.51. The Morgan fingerprint density at radius 3 is 2.81 bits per heavy atom. The summed E-state index contributed by atoms with van der Waals surface area (Å²) in [5.41, 5.74) is 1.27. The van der Waals surface area contributed by atoms with Gasteiger partial charge in [-0.3, -0.25) is 0 Å². The zero-order chi connectivity index (χ0) is 12.1. The second kappa shape index (κ2) is 5.61. The third-order valence-corrected chi connectivity index (χ3v) is 2.17. The van der Waals surface area contributed by atoms with Crippen molar-refractivity contribution < 1.29 is 19.0 Å². The Labute approximate surface area is 93.9 Å². The number of aliphatic hydroxyl groups is 1. The molecule has 0 heterocycles. The molecule has 0 saturated carbocycles. The van der Waals surface area contributed by atoms with Gasteiger partial charge in [0.25, 0.3) is 0 Å². The van der Waals surface area contributed by atoms with Gasteiger partial charge in [-0.05, 0) is 19.4 Å². The first-order valence-corrected chi connectivity index (χ1v) is 5.11. The number of aliphatic hydroxyl groups excluding tert-OH is 1. The van der Waals surface area contributed by atoms with Crippen LogP contribution in [0.1, 0.15) is 24.2 Å². The highest BCUT2D eigenvalue weighted by molar-refractivity contribution is 5.75. The minimum atomic E-state index is -2.04. The van der Waals surface area contributed by atoms with E-state index in [4.69, 9.17) is 0 Å². The molecule has 4 heteroatoms. The van der Waals surface area contributed by atoms with E-state index in [1.165, 1.54) is 0 Å². The van der Waals surface area contributed by atoms with Crippen LogP contribution < -0.4 is 0 Å². The largest absolute Gasteiger partial charge is 0.464 e. The van der Waals surface area contributed by atoms with E-state index < -0.39 is 18.2 Å². The van der Waals surface area contributed by atoms with Gasteiger partial charge in [-0.15, -0.1) is 0 Å². The summed E-state index contributed by atoms with van der Waals surface area (Å²) in [6, 6.07) is 6.74. The maximum atomic E-state index is 13.5. The molecule has 3 nitrogen and oxygen atoms in total. The molecule has 1 aromatic carbocycles. The normalized spacial score (nSPS) is 14.2. The number of esters is 1. The van der Waals surface area contributed by atoms with Crippen molar-refractivity contribution in [2.45, 2.75) is 26.1 Å². The van der Waals surface area contributed by atoms with Gasteiger partial charge in [0.15, 0.2) is 0 Å². The van der Waals surface area contributed by atoms with Crippen LogP contribution in [-0.2, 0) is 9.53 Å². The Balaban J connectivity index is 2.77. The van der Waals surface area contributed by atoms with Crippen molar-refractivity contribution in [3.05, 3.63) is 35.4 Å². The fourth-order valence-corrected chi connectivity index (χ4v) is 1.37. The van der Waals surface area contributed by atoms with Crippen molar-refractivity contribution in [3.63, 3.8) is 0 Å². The van der Waals surface area contributed by atoms with E-state index in [0.29, 0.717) is 5.56 Å². The molecule has 0 radical (unpaired) electrons. The second-order valence-corrected chi connectivity index (χ2v) is 3.51. The topological polar surface area (TPSA) is 46.5 Å². The third kappa shape index (κ3) is 3.03. The average Bonchev–Trinajstić information content (AvgIpc) is 2.27. The van der Waals surface area contributed by atoms with E-state index in [0.717, 1.165) is 5.56 Å². The Morgan fingerprint density at radius 1 is 1.56 bits per heavy atom. The number of hydrogen-bond donors (Lipinski definition) is 1. The minimum absolute atomic E-state index is 0.0970. The van der Waals surface area contributed by atoms with Crippen LogP contribution in [0.3, 0.4) is 0 Å². The number of carbonyl (C=O) groups excluding carboxylic acids is 1. The van der Waals surface area contributed by atoms with Crippen molar-refractivity contribution in [1.29, 1.82) is 0 Å². The lowest BCUT2D eigenvalue weighted by atomic mass is 10.0. The first-order chi connectivity index (χ1) is 7.56. The SMILES string of the molecule is CCOC(=O)C(F)C(O)c1cccc(C)c1. The molecule has 1 rings (SSSR count). The maximum Gasteiger partial charge on any atom is 0.343 e. The monoisotopic (exact) mass is 226 g/mol. The molecule has 1 N–H and O–H groups in total. The molecule has 0 aromatic heterocycles. The number of ether oxygens (including phenoxy) is 1. The molecule has 2 unspecified atom stereocenters. The van der Waals surface area contributed by atoms with Gasteiger partial charge in [0.1, 0.15) is 6.10 Å². The minimum Gasteiger partial charge on any atom is -0.464 e. The number of benzene rings is 1. The van der Waals surface area contributed by atoms with E-state index in [-0.39, 0.29) is 6.61 Å². The van der Waals surface area contributed by atoms with Crippen molar-refractivity contribution in [1.82, 2.24) is 0 Å². The van der Waals surface area contributed by atoms with E-state index in [2.05, 4.69) is 4.74 Å². The zero-order valence-corrected chi connectivity index (χ0v) is 9.31. The number of hydrogen-bond acceptors (Lipinski definition) is 3. The van der Waals surface area contributed by atoms with Crippen LogP contribution in [-0.4, -0.2) is 23.9 Å². The van der Waals surface area contributed by atoms with Crippen LogP contribution in [0.4, 0.5) is 4.39 Å². The lowest BCUT2D eigenvalue weighted by Gasteiger charge is -2.15. The van der Waals surface area contributed by atoms with Gasteiger partial charge < -0.3 is 9.84 Å². The highest BCUT2D eigenvalue weighted by atomic mass is 19.1. The summed E-state index contributed by atoms with van der Waals surface area (Å²) in [6.45, 7) is 3.51. The van der Waals surface area contributed by atoms with Crippen LogP contribution in [0.25, 0.3) is 0 Å². The average molecular weight is 226 g/mol. The van der Waals surface area contributed by atoms with Gasteiger partial charge >= 0.3 is 5.97 Å². The fraction of sp³-hybridized carbons (Fsp3) is 0.417. The van der Waals surface area contributed by atoms with Crippen LogP contribution in [0.5, 0.6) is 0 Å². The van der Waals surface area contributed by atoms with Crippen LogP contribution >= 0.6 is 0 Å². The number of aryl methyl sites for hydroxylation is 1. The summed E-state index contributed by atoms with van der Waals surface area (Å²) in [4.78, 5) is 11.1. The molecule has 0 amide bonds. The number of alkyl halides is 1. The first-order valence-electron chi connectivity index (χ1n) is 5.11. The van der Waals surface area contributed by atoms with Gasteiger partial charge in [0.2, 0.25) is 6.17 Å². The molecular weight excluding hydrogens is 211 g/mol. The van der Waals surface area contributed by atoms with Gasteiger partial charge in [-0.2, -0.15) is 0 Å². The van der Waals surface area contributed by atoms with Gasteiger partial charge in [0, 0.05) is 0 Å². The summed E-state index contributed by atoms with van der Waals surface area (Å²) in [5.74, 6) is -1.03. The van der Waals surface area contributed by atoms with Crippen molar-refractivity contribution in [3.8, 4) is 0 Å². The van der Waals surface area contributed by atoms with Crippen molar-refractivity contribution in [2.24, 2.45) is 0 Å². The Hall–Kier alpha value is -1.42. The quantitative estimate of drug-likeness (QED) is 0.798. The van der Waals surface area contributed by atoms with Crippen molar-refractivity contribution in [2.75, 3.05) is 6.61 Å². The highest BCUT2D eigenvalue weighted by Crippen LogP contribution is 2.21. The Kier molecular flexibility index (Phi) is 4.43. The van der Waals surface area contributed by atoms with Crippen LogP contribution in [0.2, 0.25) is 0 Å². The van der Waals surface area contributed by atoms with Gasteiger partial charge in [0.05, 0.1) is 6.61 Å². The van der Waals surface area contributed by atoms with E-state index in [9.17, 15) is 14.3 Å². The zero-order valence-electron chi connectivity index (χ0n) is 9.31. The summed E-state index contributed by atoms with van der Waals surface area (Å²) in [5, 5.41) is 9.63. The molecule has 0 bridgehead atoms. The molecule has 0 spiro atoms. The Bertz CT molecular complexity index is 365. The molecule has 1 aromatic rings. The molecule has 0 aliphatic rings. The molecule has 2 atom stereocenters. The molecule has 0 saturated heterocycles. The van der Waals surface area contributed by atoms with E-state index in [1.54, 1.807) is 25.1 Å². The second-order valence-electron chi connectivity index (χ2n) is 3.51. The maximum absolute atomic E-state index is 13.5. The number of carbonyl (C=O) groups is 1. The van der Waals surface area contributed by atoms with Gasteiger partial charge in [-0.1, -0.05) is 29.8 Å². The molecule has 0 aliphatic carbocycles. The predicted octanol–water partition coefficient (Wildman–Crippen LogP) is 1.93.